The number of nitrogens with two attached hydrogens (primary N) is 1. The highest BCUT2D eigenvalue weighted by molar-refractivity contribution is 7.80. The summed E-state index contributed by atoms with van der Waals surface area (Å²) in [6.07, 6.45) is 0. The van der Waals surface area contributed by atoms with Crippen molar-refractivity contribution in [2.75, 3.05) is 12.4 Å². The summed E-state index contributed by atoms with van der Waals surface area (Å²) in [5.41, 5.74) is 5.80. The molecule has 110 valence electrons. The van der Waals surface area contributed by atoms with Gasteiger partial charge in [-0.05, 0) is 18.2 Å². The Labute approximate surface area is 125 Å². The first-order chi connectivity index (χ1) is 10.0. The van der Waals surface area contributed by atoms with Crippen molar-refractivity contribution >= 4 is 28.8 Å². The van der Waals surface area contributed by atoms with E-state index in [4.69, 9.17) is 27.2 Å². The van der Waals surface area contributed by atoms with Crippen LogP contribution in [0.3, 0.4) is 0 Å². The van der Waals surface area contributed by atoms with Gasteiger partial charge in [0.15, 0.2) is 11.5 Å². The number of rotatable bonds is 5. The van der Waals surface area contributed by atoms with Crippen LogP contribution in [0.5, 0.6) is 0 Å². The van der Waals surface area contributed by atoms with Gasteiger partial charge in [0, 0.05) is 18.7 Å². The van der Waals surface area contributed by atoms with Crippen molar-refractivity contribution in [2.45, 2.75) is 6.61 Å². The second-order valence-corrected chi connectivity index (χ2v) is 4.56. The highest BCUT2D eigenvalue weighted by Gasteiger charge is 2.15. The van der Waals surface area contributed by atoms with E-state index < -0.39 is 11.7 Å². The number of nitrogens with one attached hydrogen (secondary N) is 1. The van der Waals surface area contributed by atoms with Crippen molar-refractivity contribution in [3.63, 3.8) is 0 Å². The molecule has 2 aromatic rings. The predicted molar refractivity (Wildman–Crippen MR) is 77.5 cm³/mol. The summed E-state index contributed by atoms with van der Waals surface area (Å²) in [6.45, 7) is 0.192. The number of anilines is 1. The van der Waals surface area contributed by atoms with Gasteiger partial charge in [-0.2, -0.15) is 0 Å². The first-order valence-electron chi connectivity index (χ1n) is 5.86. The lowest BCUT2D eigenvalue weighted by molar-refractivity contribution is 0.101. The molecule has 8 heteroatoms. The predicted octanol–water partition coefficient (Wildman–Crippen LogP) is 1.85. The zero-order valence-electron chi connectivity index (χ0n) is 11.1. The summed E-state index contributed by atoms with van der Waals surface area (Å²) in [5, 5.41) is 5.96. The van der Waals surface area contributed by atoms with E-state index in [0.717, 1.165) is 6.07 Å². The minimum absolute atomic E-state index is 0.00343. The Morgan fingerprint density at radius 3 is 2.90 bits per heavy atom. The van der Waals surface area contributed by atoms with E-state index in [2.05, 4.69) is 10.5 Å². The van der Waals surface area contributed by atoms with E-state index in [-0.39, 0.29) is 23.0 Å². The topological polar surface area (TPSA) is 90.4 Å². The van der Waals surface area contributed by atoms with Crippen LogP contribution in [0.4, 0.5) is 10.1 Å². The molecule has 2 rings (SSSR count). The van der Waals surface area contributed by atoms with E-state index in [1.165, 1.54) is 25.3 Å². The summed E-state index contributed by atoms with van der Waals surface area (Å²) in [7, 11) is 1.49. The van der Waals surface area contributed by atoms with Crippen molar-refractivity contribution in [3.8, 4) is 0 Å². The van der Waals surface area contributed by atoms with Crippen LogP contribution in [-0.2, 0) is 11.3 Å². The van der Waals surface area contributed by atoms with E-state index in [1.54, 1.807) is 0 Å². The molecule has 0 bridgehead atoms. The van der Waals surface area contributed by atoms with Crippen LogP contribution in [0.25, 0.3) is 0 Å². The van der Waals surface area contributed by atoms with E-state index in [1.807, 2.05) is 0 Å². The molecule has 0 aliphatic carbocycles. The number of carbonyl (C=O) groups excluding carboxylic acids is 1. The monoisotopic (exact) mass is 309 g/mol. The Morgan fingerprint density at radius 1 is 1.52 bits per heavy atom. The van der Waals surface area contributed by atoms with Gasteiger partial charge in [0.2, 0.25) is 0 Å². The molecule has 0 atom stereocenters. The molecule has 0 aliphatic heterocycles. The van der Waals surface area contributed by atoms with E-state index in [9.17, 15) is 9.18 Å². The van der Waals surface area contributed by atoms with Crippen molar-refractivity contribution < 1.29 is 18.4 Å². The first kappa shape index (κ1) is 15.1. The average Bonchev–Trinajstić information content (AvgIpc) is 2.90. The molecule has 0 fully saturated rings. The zero-order chi connectivity index (χ0) is 15.4. The second kappa shape index (κ2) is 6.42. The Balaban J connectivity index is 2.13. The number of hydrogen-bond acceptors (Lipinski definition) is 5. The van der Waals surface area contributed by atoms with Gasteiger partial charge >= 0.3 is 0 Å². The summed E-state index contributed by atoms with van der Waals surface area (Å²) in [6, 6.07) is 5.45. The fourth-order valence-electron chi connectivity index (χ4n) is 1.59. The molecule has 0 saturated carbocycles. The lowest BCUT2D eigenvalue weighted by atomic mass is 10.2. The Hall–Kier alpha value is -2.32. The molecule has 21 heavy (non-hydrogen) atoms. The Kier molecular flexibility index (Phi) is 4.61. The quantitative estimate of drug-likeness (QED) is 0.819. The lowest BCUT2D eigenvalue weighted by Gasteiger charge is -2.06. The number of ether oxygens (including phenoxy) is 1. The number of thiocarbonyl (C=S) groups is 1. The van der Waals surface area contributed by atoms with Gasteiger partial charge in [-0.1, -0.05) is 17.4 Å². The molecule has 1 aromatic heterocycles. The molecule has 0 saturated heterocycles. The van der Waals surface area contributed by atoms with Crippen LogP contribution in [0, 0.1) is 5.82 Å². The second-order valence-electron chi connectivity index (χ2n) is 4.12. The fourth-order valence-corrected chi connectivity index (χ4v) is 1.71. The number of halogens is 1. The van der Waals surface area contributed by atoms with Gasteiger partial charge in [-0.3, -0.25) is 4.79 Å². The van der Waals surface area contributed by atoms with Gasteiger partial charge < -0.3 is 20.3 Å². The Morgan fingerprint density at radius 2 is 2.29 bits per heavy atom. The standard InChI is InChI=1S/C13H12FN3O3S/c1-19-6-8-5-11(17-20-8)13(18)16-10-3-2-7(12(15)21)4-9(10)14/h2-5H,6H2,1H3,(H2,15,21)(H,16,18). The molecule has 1 aromatic carbocycles. The van der Waals surface area contributed by atoms with Crippen molar-refractivity contribution in [2.24, 2.45) is 5.73 Å². The minimum Gasteiger partial charge on any atom is -0.389 e. The van der Waals surface area contributed by atoms with Crippen LogP contribution in [0.2, 0.25) is 0 Å². The van der Waals surface area contributed by atoms with Crippen LogP contribution < -0.4 is 11.1 Å². The molecule has 0 spiro atoms. The summed E-state index contributed by atoms with van der Waals surface area (Å²) in [4.78, 5) is 12.0. The van der Waals surface area contributed by atoms with E-state index in [0.29, 0.717) is 11.3 Å². The number of methoxy groups -OCH3 is 1. The highest BCUT2D eigenvalue weighted by Crippen LogP contribution is 2.17. The third kappa shape index (κ3) is 3.61. The summed E-state index contributed by atoms with van der Waals surface area (Å²) in [5.74, 6) is -0.843. The molecule has 0 radical (unpaired) electrons. The lowest BCUT2D eigenvalue weighted by Crippen LogP contribution is -2.14. The number of nitrogens with zero attached hydrogens (tertiary/aromatic N) is 1. The number of benzene rings is 1. The van der Waals surface area contributed by atoms with Crippen molar-refractivity contribution in [3.05, 3.63) is 47.1 Å². The fraction of sp³-hybridized carbons (Fsp3) is 0.154. The van der Waals surface area contributed by atoms with Gasteiger partial charge in [-0.15, -0.1) is 0 Å². The highest BCUT2D eigenvalue weighted by atomic mass is 32.1. The first-order valence-corrected chi connectivity index (χ1v) is 6.27. The third-order valence-electron chi connectivity index (χ3n) is 2.58. The van der Waals surface area contributed by atoms with Crippen LogP contribution in [0.15, 0.2) is 28.8 Å². The van der Waals surface area contributed by atoms with Gasteiger partial charge in [0.25, 0.3) is 5.91 Å². The number of aromatic nitrogens is 1. The van der Waals surface area contributed by atoms with Crippen molar-refractivity contribution in [1.82, 2.24) is 5.16 Å². The smallest absolute Gasteiger partial charge is 0.277 e. The number of carbonyl (C=O) groups is 1. The normalized spacial score (nSPS) is 10.4. The maximum Gasteiger partial charge on any atom is 0.277 e. The van der Waals surface area contributed by atoms with E-state index >= 15 is 0 Å². The molecule has 1 amide bonds. The molecule has 0 unspecified atom stereocenters. The van der Waals surface area contributed by atoms with Crippen LogP contribution >= 0.6 is 12.2 Å². The SMILES string of the molecule is COCc1cc(C(=O)Nc2ccc(C(N)=S)cc2F)no1. The summed E-state index contributed by atoms with van der Waals surface area (Å²) >= 11 is 4.75. The molecule has 6 nitrogen and oxygen atoms in total. The molecule has 3 N–H and O–H groups in total. The molecule has 1 heterocycles. The van der Waals surface area contributed by atoms with Crippen LogP contribution in [-0.4, -0.2) is 23.2 Å². The van der Waals surface area contributed by atoms with Gasteiger partial charge in [0.1, 0.15) is 17.4 Å². The largest absolute Gasteiger partial charge is 0.389 e. The molecule has 0 aliphatic rings. The van der Waals surface area contributed by atoms with Gasteiger partial charge in [0.05, 0.1) is 5.69 Å². The maximum atomic E-state index is 13.8. The Bertz CT molecular complexity index is 687. The molecular formula is C13H12FN3O3S. The van der Waals surface area contributed by atoms with Crippen molar-refractivity contribution in [1.29, 1.82) is 0 Å². The third-order valence-corrected chi connectivity index (χ3v) is 2.82. The average molecular weight is 309 g/mol. The van der Waals surface area contributed by atoms with Gasteiger partial charge in [-0.25, -0.2) is 4.39 Å². The minimum atomic E-state index is -0.644. The summed E-state index contributed by atoms with van der Waals surface area (Å²) < 4.78 is 23.5. The van der Waals surface area contributed by atoms with Crippen LogP contribution in [0.1, 0.15) is 21.8 Å². The molecular weight excluding hydrogens is 297 g/mol. The number of hydrogen-bond donors (Lipinski definition) is 2. The zero-order valence-corrected chi connectivity index (χ0v) is 11.9. The number of amides is 1. The maximum absolute atomic E-state index is 13.8.